The minimum Gasteiger partial charge on any atom is -0.112 e. The first-order valence-electron chi connectivity index (χ1n) is 7.29. The van der Waals surface area contributed by atoms with Crippen molar-refractivity contribution < 1.29 is 0 Å². The molecule has 0 nitrogen and oxygen atoms in total. The normalized spacial score (nSPS) is 10.7. The fourth-order valence-corrected chi connectivity index (χ4v) is 3.02. The van der Waals surface area contributed by atoms with Gasteiger partial charge in [-0.1, -0.05) is 65.0 Å². The molecule has 0 saturated heterocycles. The van der Waals surface area contributed by atoms with Crippen LogP contribution in [0.2, 0.25) is 5.02 Å². The zero-order chi connectivity index (χ0) is 17.4. The summed E-state index contributed by atoms with van der Waals surface area (Å²) in [5.74, 6) is 0. The van der Waals surface area contributed by atoms with Crippen LogP contribution in [-0.4, -0.2) is 39.2 Å². The highest BCUT2D eigenvalue weighted by Gasteiger charge is 2.18. The molecule has 0 spiro atoms. The summed E-state index contributed by atoms with van der Waals surface area (Å²) in [6.45, 7) is 0. The van der Waals surface area contributed by atoms with Crippen LogP contribution in [0.3, 0.4) is 0 Å². The van der Waals surface area contributed by atoms with Crippen molar-refractivity contribution in [3.05, 3.63) is 53.6 Å². The summed E-state index contributed by atoms with van der Waals surface area (Å²) in [4.78, 5) is 0. The quantitative estimate of drug-likeness (QED) is 0.567. The fourth-order valence-electron chi connectivity index (χ4n) is 2.76. The Morgan fingerprint density at radius 3 is 1.67 bits per heavy atom. The molecule has 102 valence electrons. The van der Waals surface area contributed by atoms with Gasteiger partial charge in [0.05, 0.1) is 0 Å². The monoisotopic (exact) mass is 314 g/mol. The lowest BCUT2D eigenvalue weighted by molar-refractivity contribution is 1.61. The molecule has 10 radical (unpaired) electrons. The summed E-state index contributed by atoms with van der Waals surface area (Å²) < 4.78 is 0. The first kappa shape index (κ1) is 17.1. The molecule has 3 aromatic rings. The van der Waals surface area contributed by atoms with E-state index < -0.39 is 0 Å². The van der Waals surface area contributed by atoms with Gasteiger partial charge >= 0.3 is 0 Å². The van der Waals surface area contributed by atoms with E-state index in [0.717, 1.165) is 11.1 Å². The van der Waals surface area contributed by atoms with Gasteiger partial charge in [-0.15, -0.1) is 16.4 Å². The van der Waals surface area contributed by atoms with Gasteiger partial charge in [0.15, 0.2) is 0 Å². The van der Waals surface area contributed by atoms with Crippen molar-refractivity contribution in [1.29, 1.82) is 0 Å². The van der Waals surface area contributed by atoms with Crippen LogP contribution in [0.25, 0.3) is 22.3 Å². The average Bonchev–Trinajstić information content (AvgIpc) is 2.60. The number of halogens is 1. The molecule has 0 aliphatic carbocycles. The van der Waals surface area contributed by atoms with Gasteiger partial charge in [-0.25, -0.2) is 0 Å². The van der Waals surface area contributed by atoms with E-state index in [1.165, 1.54) is 0 Å². The van der Waals surface area contributed by atoms with E-state index >= 15 is 0 Å². The van der Waals surface area contributed by atoms with Crippen LogP contribution in [0.4, 0.5) is 0 Å². The van der Waals surface area contributed by atoms with Crippen LogP contribution in [-0.2, 0) is 0 Å². The molecular formula is C18H8B5Cl. The van der Waals surface area contributed by atoms with E-state index in [1.54, 1.807) is 6.07 Å². The van der Waals surface area contributed by atoms with Crippen LogP contribution in [0, 0.1) is 0 Å². The lowest BCUT2D eigenvalue weighted by atomic mass is 9.59. The van der Waals surface area contributed by atoms with E-state index in [-0.39, 0.29) is 27.3 Å². The largest absolute Gasteiger partial charge is 0.113 e. The molecule has 0 unspecified atom stereocenters. The third-order valence-electron chi connectivity index (χ3n) is 4.05. The Morgan fingerprint density at radius 1 is 0.542 bits per heavy atom. The third kappa shape index (κ3) is 2.76. The van der Waals surface area contributed by atoms with Crippen LogP contribution in [0.1, 0.15) is 0 Å². The molecule has 0 aliphatic heterocycles. The Labute approximate surface area is 154 Å². The van der Waals surface area contributed by atoms with Crippen LogP contribution >= 0.6 is 11.6 Å². The summed E-state index contributed by atoms with van der Waals surface area (Å²) >= 11 is 6.48. The van der Waals surface area contributed by atoms with Crippen molar-refractivity contribution in [3.63, 3.8) is 0 Å². The predicted molar refractivity (Wildman–Crippen MR) is 109 cm³/mol. The van der Waals surface area contributed by atoms with Crippen LogP contribution in [0.15, 0.2) is 48.5 Å². The summed E-state index contributed by atoms with van der Waals surface area (Å²) in [5.41, 5.74) is 4.16. The molecule has 0 saturated carbocycles. The van der Waals surface area contributed by atoms with Gasteiger partial charge < -0.3 is 0 Å². The van der Waals surface area contributed by atoms with Gasteiger partial charge in [-0.3, -0.25) is 0 Å². The van der Waals surface area contributed by atoms with Crippen molar-refractivity contribution in [2.45, 2.75) is 0 Å². The fraction of sp³-hybridized carbons (Fsp3) is 0. The Hall–Kier alpha value is -1.73. The van der Waals surface area contributed by atoms with E-state index in [0.29, 0.717) is 16.1 Å². The summed E-state index contributed by atoms with van der Waals surface area (Å²) in [6.07, 6.45) is 0. The summed E-state index contributed by atoms with van der Waals surface area (Å²) in [6, 6.07) is 15.4. The van der Waals surface area contributed by atoms with Crippen LogP contribution in [0.5, 0.6) is 0 Å². The molecule has 0 heterocycles. The standard InChI is InChI=1S/C18H8B5Cl/c19-14-13(15(20)17(22)18(23)16(14)21)12-10(7-4-8-11(12)24)9-5-2-1-3-6-9/h1-8H. The molecule has 0 aliphatic rings. The molecule has 0 amide bonds. The minimum atomic E-state index is 0.182. The third-order valence-corrected chi connectivity index (χ3v) is 4.36. The number of rotatable bonds is 2. The lowest BCUT2D eigenvalue weighted by Gasteiger charge is -2.24. The van der Waals surface area contributed by atoms with E-state index in [1.807, 2.05) is 42.5 Å². The SMILES string of the molecule is [B]c1c([B])c([B])c(-c2c(Cl)cccc2-c2ccccc2)c([B])c1[B]. The molecule has 0 fully saturated rings. The topological polar surface area (TPSA) is 0 Å². The second kappa shape index (κ2) is 6.65. The smallest absolute Gasteiger partial charge is 0.112 e. The van der Waals surface area contributed by atoms with E-state index in [4.69, 9.17) is 50.8 Å². The Bertz CT molecular complexity index is 893. The summed E-state index contributed by atoms with van der Waals surface area (Å²) in [5, 5.41) is 0.498. The van der Waals surface area contributed by atoms with Crippen LogP contribution < -0.4 is 27.3 Å². The van der Waals surface area contributed by atoms with Crippen molar-refractivity contribution >= 4 is 78.1 Å². The van der Waals surface area contributed by atoms with Crippen molar-refractivity contribution in [2.75, 3.05) is 0 Å². The Kier molecular flexibility index (Phi) is 4.74. The van der Waals surface area contributed by atoms with Gasteiger partial charge in [-0.2, -0.15) is 0 Å². The van der Waals surface area contributed by atoms with E-state index in [9.17, 15) is 0 Å². The zero-order valence-electron chi connectivity index (χ0n) is 12.9. The highest BCUT2D eigenvalue weighted by molar-refractivity contribution is 6.69. The van der Waals surface area contributed by atoms with Gasteiger partial charge in [-0.05, 0) is 22.8 Å². The highest BCUT2D eigenvalue weighted by atomic mass is 35.5. The van der Waals surface area contributed by atoms with Gasteiger partial charge in [0.2, 0.25) is 0 Å². The first-order chi connectivity index (χ1) is 11.4. The van der Waals surface area contributed by atoms with Gasteiger partial charge in [0.1, 0.15) is 39.2 Å². The average molecular weight is 314 g/mol. The molecule has 6 heteroatoms. The second-order valence-electron chi connectivity index (χ2n) is 5.47. The zero-order valence-corrected chi connectivity index (χ0v) is 13.6. The molecule has 0 atom stereocenters. The minimum absolute atomic E-state index is 0.182. The molecule has 3 rings (SSSR count). The predicted octanol–water partition coefficient (Wildman–Crippen LogP) is -0.357. The van der Waals surface area contributed by atoms with E-state index in [2.05, 4.69) is 0 Å². The molecule has 0 bridgehead atoms. The Morgan fingerprint density at radius 2 is 1.08 bits per heavy atom. The highest BCUT2D eigenvalue weighted by Crippen LogP contribution is 2.35. The number of hydrogen-bond donors (Lipinski definition) is 0. The second-order valence-corrected chi connectivity index (χ2v) is 5.88. The first-order valence-corrected chi connectivity index (χ1v) is 7.67. The maximum absolute atomic E-state index is 6.48. The molecule has 3 aromatic carbocycles. The maximum atomic E-state index is 6.48. The number of benzene rings is 3. The van der Waals surface area contributed by atoms with Crippen molar-refractivity contribution in [2.24, 2.45) is 0 Å². The summed E-state index contributed by atoms with van der Waals surface area (Å²) in [7, 11) is 30.3. The van der Waals surface area contributed by atoms with Gasteiger partial charge in [0, 0.05) is 10.6 Å². The molecule has 0 N–H and O–H groups in total. The van der Waals surface area contributed by atoms with Gasteiger partial charge in [0.25, 0.3) is 0 Å². The number of hydrogen-bond acceptors (Lipinski definition) is 0. The molecular weight excluding hydrogens is 306 g/mol. The molecule has 24 heavy (non-hydrogen) atoms. The molecule has 0 aromatic heterocycles. The Balaban J connectivity index is 2.41. The van der Waals surface area contributed by atoms with Crippen molar-refractivity contribution in [3.8, 4) is 22.3 Å². The lowest BCUT2D eigenvalue weighted by Crippen LogP contribution is -2.55. The van der Waals surface area contributed by atoms with Crippen molar-refractivity contribution in [1.82, 2.24) is 0 Å². The maximum Gasteiger partial charge on any atom is 0.113 e.